The zero-order chi connectivity index (χ0) is 27.8. The van der Waals surface area contributed by atoms with E-state index in [-0.39, 0.29) is 24.0 Å². The molecule has 0 atom stereocenters. The maximum atomic E-state index is 12.8. The van der Waals surface area contributed by atoms with E-state index in [4.69, 9.17) is 15.2 Å². The van der Waals surface area contributed by atoms with Gasteiger partial charge in [0.15, 0.2) is 0 Å². The largest absolute Gasteiger partial charge is 0.385 e. The number of rotatable bonds is 14. The Balaban J connectivity index is 1.59. The highest BCUT2D eigenvalue weighted by molar-refractivity contribution is 7.89. The third-order valence-electron chi connectivity index (χ3n) is 7.38. The van der Waals surface area contributed by atoms with Crippen LogP contribution in [-0.2, 0) is 37.3 Å². The van der Waals surface area contributed by atoms with Crippen molar-refractivity contribution in [2.24, 2.45) is 5.73 Å². The first-order valence-corrected chi connectivity index (χ1v) is 15.1. The number of piperidine rings is 1. The highest BCUT2D eigenvalue weighted by Gasteiger charge is 2.29. The Labute approximate surface area is 231 Å². The van der Waals surface area contributed by atoms with E-state index in [2.05, 4.69) is 34.6 Å². The molecule has 39 heavy (non-hydrogen) atoms. The first kappa shape index (κ1) is 29.2. The van der Waals surface area contributed by atoms with Crippen LogP contribution in [-0.4, -0.2) is 76.4 Å². The molecule has 2 aromatic carbocycles. The van der Waals surface area contributed by atoms with Gasteiger partial charge in [-0.05, 0) is 71.2 Å². The highest BCUT2D eigenvalue weighted by atomic mass is 32.2. The summed E-state index contributed by atoms with van der Waals surface area (Å²) < 4.78 is 37.2. The fraction of sp³-hybridized carbons (Fsp3) is 0.483. The Hall–Kier alpha value is -2.76. The van der Waals surface area contributed by atoms with E-state index in [0.717, 1.165) is 64.7 Å². The molecule has 0 radical (unpaired) electrons. The summed E-state index contributed by atoms with van der Waals surface area (Å²) in [4.78, 5) is 15.3. The van der Waals surface area contributed by atoms with Crippen LogP contribution in [0.15, 0.2) is 42.6 Å². The number of sulfonamides is 1. The van der Waals surface area contributed by atoms with Gasteiger partial charge in [-0.25, -0.2) is 12.7 Å². The van der Waals surface area contributed by atoms with Crippen molar-refractivity contribution in [3.63, 3.8) is 0 Å². The molecule has 1 amide bonds. The maximum absolute atomic E-state index is 12.8. The molecule has 9 nitrogen and oxygen atoms in total. The number of H-pyrrole nitrogens is 1. The predicted molar refractivity (Wildman–Crippen MR) is 154 cm³/mol. The number of nitrogens with two attached hydrogens (primary N) is 1. The third kappa shape index (κ3) is 7.46. The number of carbonyl (C=O) groups is 1. The molecular formula is C29H40N4O5S. The van der Waals surface area contributed by atoms with Crippen molar-refractivity contribution in [2.45, 2.75) is 38.1 Å². The van der Waals surface area contributed by atoms with Gasteiger partial charge in [-0.1, -0.05) is 18.2 Å². The zero-order valence-corrected chi connectivity index (χ0v) is 23.7. The lowest BCUT2D eigenvalue weighted by Crippen LogP contribution is -2.39. The first-order valence-electron chi connectivity index (χ1n) is 13.5. The van der Waals surface area contributed by atoms with Gasteiger partial charge in [0, 0.05) is 64.1 Å². The average molecular weight is 557 g/mol. The summed E-state index contributed by atoms with van der Waals surface area (Å²) in [6.07, 6.45) is 4.14. The minimum Gasteiger partial charge on any atom is -0.385 e. The van der Waals surface area contributed by atoms with Crippen LogP contribution in [0.25, 0.3) is 22.0 Å². The summed E-state index contributed by atoms with van der Waals surface area (Å²) in [6, 6.07) is 12.6. The summed E-state index contributed by atoms with van der Waals surface area (Å²) in [5.41, 5.74) is 11.8. The molecule has 4 rings (SSSR count). The second-order valence-corrected chi connectivity index (χ2v) is 12.2. The van der Waals surface area contributed by atoms with Crippen LogP contribution in [0.2, 0.25) is 0 Å². The number of primary amides is 1. The highest BCUT2D eigenvalue weighted by Crippen LogP contribution is 2.37. The molecule has 1 fully saturated rings. The number of methoxy groups -OCH3 is 2. The monoisotopic (exact) mass is 556 g/mol. The lowest BCUT2D eigenvalue weighted by Gasteiger charge is -2.31. The molecule has 0 bridgehead atoms. The Kier molecular flexibility index (Phi) is 10.1. The molecule has 0 unspecified atom stereocenters. The Morgan fingerprint density at radius 1 is 1.10 bits per heavy atom. The molecule has 1 saturated heterocycles. The maximum Gasteiger partial charge on any atom is 0.221 e. The number of benzene rings is 2. The van der Waals surface area contributed by atoms with Gasteiger partial charge < -0.3 is 25.5 Å². The second-order valence-electron chi connectivity index (χ2n) is 10.2. The molecule has 1 aliphatic rings. The lowest BCUT2D eigenvalue weighted by molar-refractivity contribution is -0.117. The van der Waals surface area contributed by atoms with E-state index in [1.807, 2.05) is 18.3 Å². The van der Waals surface area contributed by atoms with Gasteiger partial charge in [-0.15, -0.1) is 0 Å². The minimum absolute atomic E-state index is 0.111. The summed E-state index contributed by atoms with van der Waals surface area (Å²) in [5, 5.41) is 4.44. The van der Waals surface area contributed by atoms with Crippen molar-refractivity contribution in [1.82, 2.24) is 14.6 Å². The van der Waals surface area contributed by atoms with Crippen LogP contribution >= 0.6 is 0 Å². The number of hydrogen-bond acceptors (Lipinski definition) is 6. The fourth-order valence-electron chi connectivity index (χ4n) is 5.39. The predicted octanol–water partition coefficient (Wildman–Crippen LogP) is 3.14. The van der Waals surface area contributed by atoms with Gasteiger partial charge in [-0.3, -0.25) is 4.79 Å². The number of nitrogens with one attached hydrogen (secondary N) is 2. The number of aromatic nitrogens is 1. The van der Waals surface area contributed by atoms with Crippen LogP contribution in [0.1, 0.15) is 41.9 Å². The van der Waals surface area contributed by atoms with E-state index < -0.39 is 10.0 Å². The molecule has 4 N–H and O–H groups in total. The van der Waals surface area contributed by atoms with Gasteiger partial charge in [0.25, 0.3) is 0 Å². The normalized spacial score (nSPS) is 15.2. The van der Waals surface area contributed by atoms with Crippen LogP contribution in [0, 0.1) is 0 Å². The molecule has 10 heteroatoms. The topological polar surface area (TPSA) is 127 Å². The van der Waals surface area contributed by atoms with E-state index in [0.29, 0.717) is 32.7 Å². The summed E-state index contributed by atoms with van der Waals surface area (Å²) in [5.74, 6) is -0.0517. The van der Waals surface area contributed by atoms with E-state index in [1.54, 1.807) is 18.5 Å². The number of carbonyl (C=O) groups excluding carboxylic acids is 1. The average Bonchev–Trinajstić information content (AvgIpc) is 3.36. The minimum atomic E-state index is -3.29. The van der Waals surface area contributed by atoms with E-state index >= 15 is 0 Å². The number of fused-ring (bicyclic) bond motifs is 1. The number of aromatic amines is 1. The fourth-order valence-corrected chi connectivity index (χ4v) is 6.90. The van der Waals surface area contributed by atoms with Crippen molar-refractivity contribution in [3.05, 3.63) is 59.3 Å². The second kappa shape index (κ2) is 13.5. The van der Waals surface area contributed by atoms with Gasteiger partial charge >= 0.3 is 0 Å². The van der Waals surface area contributed by atoms with Crippen LogP contribution < -0.4 is 11.1 Å². The number of hydrogen-bond donors (Lipinski definition) is 3. The van der Waals surface area contributed by atoms with Crippen molar-refractivity contribution in [1.29, 1.82) is 0 Å². The van der Waals surface area contributed by atoms with E-state index in [1.165, 1.54) is 0 Å². The summed E-state index contributed by atoms with van der Waals surface area (Å²) in [7, 11) is -0.0166. The van der Waals surface area contributed by atoms with Gasteiger partial charge in [0.1, 0.15) is 0 Å². The van der Waals surface area contributed by atoms with Crippen molar-refractivity contribution in [3.8, 4) is 11.1 Å². The standard InChI is InChI=1S/C29H40N4O5S/c1-37-12-4-14-39(35,36)33-10-7-22(8-11-33)27-20-32-29-25(18-28(30)34)16-24(17-26(27)29)23-6-3-5-21(15-23)19-31-9-13-38-2/h3,5-6,15-17,20,22,31-32H,4,7-14,18-19H2,1-2H3,(H2,30,34). The van der Waals surface area contributed by atoms with Crippen molar-refractivity contribution < 1.29 is 22.7 Å². The number of ether oxygens (including phenoxy) is 2. The first-order chi connectivity index (χ1) is 18.8. The van der Waals surface area contributed by atoms with Crippen molar-refractivity contribution >= 4 is 26.8 Å². The van der Waals surface area contributed by atoms with Gasteiger partial charge in [0.05, 0.1) is 18.8 Å². The molecule has 0 saturated carbocycles. The summed E-state index contributed by atoms with van der Waals surface area (Å²) in [6.45, 7) is 3.60. The zero-order valence-electron chi connectivity index (χ0n) is 22.9. The molecule has 0 spiro atoms. The smallest absolute Gasteiger partial charge is 0.221 e. The van der Waals surface area contributed by atoms with Crippen LogP contribution in [0.5, 0.6) is 0 Å². The molecular weight excluding hydrogens is 516 g/mol. The molecule has 212 valence electrons. The summed E-state index contributed by atoms with van der Waals surface area (Å²) >= 11 is 0. The molecule has 3 aromatic rings. The molecule has 1 aromatic heterocycles. The molecule has 2 heterocycles. The number of nitrogens with zero attached hydrogens (tertiary/aromatic N) is 1. The Bertz CT molecular complexity index is 1360. The third-order valence-corrected chi connectivity index (χ3v) is 9.33. The van der Waals surface area contributed by atoms with Crippen LogP contribution in [0.4, 0.5) is 0 Å². The van der Waals surface area contributed by atoms with Crippen LogP contribution in [0.3, 0.4) is 0 Å². The van der Waals surface area contributed by atoms with E-state index in [9.17, 15) is 13.2 Å². The molecule has 0 aliphatic carbocycles. The quantitative estimate of drug-likeness (QED) is 0.262. The van der Waals surface area contributed by atoms with Gasteiger partial charge in [0.2, 0.25) is 15.9 Å². The van der Waals surface area contributed by atoms with Gasteiger partial charge in [-0.2, -0.15) is 0 Å². The molecule has 1 aliphatic heterocycles. The Morgan fingerprint density at radius 2 is 1.87 bits per heavy atom. The number of amides is 1. The van der Waals surface area contributed by atoms with Crippen molar-refractivity contribution in [2.75, 3.05) is 52.8 Å². The lowest BCUT2D eigenvalue weighted by atomic mass is 9.88. The Morgan fingerprint density at radius 3 is 2.59 bits per heavy atom. The SMILES string of the molecule is COCCCS(=O)(=O)N1CCC(c2c[nH]c3c(CC(N)=O)cc(-c4cccc(CNCCOC)c4)cc23)CC1.